The lowest BCUT2D eigenvalue weighted by molar-refractivity contribution is -0.124. The highest BCUT2D eigenvalue weighted by atomic mass is 16.2. The first-order valence-corrected chi connectivity index (χ1v) is 7.58. The van der Waals surface area contributed by atoms with Crippen molar-refractivity contribution in [2.75, 3.05) is 20.1 Å². The molecule has 3 rings (SSSR count). The van der Waals surface area contributed by atoms with Crippen molar-refractivity contribution < 1.29 is 9.59 Å². The van der Waals surface area contributed by atoms with Gasteiger partial charge in [0.15, 0.2) is 0 Å². The Labute approximate surface area is 129 Å². The molecular formula is C17H21N3O2. The number of aromatic nitrogens is 1. The average molecular weight is 299 g/mol. The number of hydrogen-bond donors (Lipinski definition) is 1. The standard InChI is InChI=1S/C17H21N3O2/c1-11-4-5-14-13(8-11)9-15(19(14)3)17(22)20-7-6-12(10-20)16(21)18-2/h4-5,8-9,12H,6-7,10H2,1-3H3,(H,18,21)/t12-/m0/s1. The van der Waals surface area contributed by atoms with E-state index in [9.17, 15) is 9.59 Å². The Kier molecular flexibility index (Phi) is 3.64. The number of nitrogens with one attached hydrogen (secondary N) is 1. The second-order valence-electron chi connectivity index (χ2n) is 6.00. The molecule has 0 spiro atoms. The molecule has 1 aromatic carbocycles. The maximum Gasteiger partial charge on any atom is 0.270 e. The maximum absolute atomic E-state index is 12.8. The Hall–Kier alpha value is -2.30. The summed E-state index contributed by atoms with van der Waals surface area (Å²) in [5.41, 5.74) is 2.91. The largest absolute Gasteiger partial charge is 0.359 e. The van der Waals surface area contributed by atoms with Gasteiger partial charge in [0.1, 0.15) is 5.69 Å². The third kappa shape index (κ3) is 2.36. The number of hydrogen-bond acceptors (Lipinski definition) is 2. The van der Waals surface area contributed by atoms with Crippen molar-refractivity contribution >= 4 is 22.7 Å². The van der Waals surface area contributed by atoms with Gasteiger partial charge in [0.25, 0.3) is 5.91 Å². The fourth-order valence-corrected chi connectivity index (χ4v) is 3.20. The van der Waals surface area contributed by atoms with Gasteiger partial charge in [-0.3, -0.25) is 9.59 Å². The van der Waals surface area contributed by atoms with Crippen LogP contribution in [-0.4, -0.2) is 41.4 Å². The minimum atomic E-state index is -0.0918. The third-order valence-electron chi connectivity index (χ3n) is 4.51. The summed E-state index contributed by atoms with van der Waals surface area (Å²) in [5, 5.41) is 3.74. The van der Waals surface area contributed by atoms with Crippen LogP contribution in [0.1, 0.15) is 22.5 Å². The van der Waals surface area contributed by atoms with Gasteiger partial charge >= 0.3 is 0 Å². The van der Waals surface area contributed by atoms with Crippen molar-refractivity contribution in [3.63, 3.8) is 0 Å². The van der Waals surface area contributed by atoms with E-state index in [4.69, 9.17) is 0 Å². The Morgan fingerprint density at radius 3 is 2.77 bits per heavy atom. The van der Waals surface area contributed by atoms with Gasteiger partial charge in [0, 0.05) is 38.1 Å². The number of carbonyl (C=O) groups excluding carboxylic acids is 2. The van der Waals surface area contributed by atoms with Crippen LogP contribution in [0.5, 0.6) is 0 Å². The van der Waals surface area contributed by atoms with E-state index in [2.05, 4.69) is 11.4 Å². The molecule has 1 fully saturated rings. The van der Waals surface area contributed by atoms with Crippen LogP contribution < -0.4 is 5.32 Å². The predicted octanol–water partition coefficient (Wildman–Crippen LogP) is 1.69. The first-order valence-electron chi connectivity index (χ1n) is 7.58. The number of nitrogens with zero attached hydrogens (tertiary/aromatic N) is 2. The topological polar surface area (TPSA) is 54.3 Å². The molecule has 1 N–H and O–H groups in total. The quantitative estimate of drug-likeness (QED) is 0.917. The normalized spacial score (nSPS) is 18.0. The Balaban J connectivity index is 1.87. The van der Waals surface area contributed by atoms with Crippen LogP contribution in [0.2, 0.25) is 0 Å². The fraction of sp³-hybridized carbons (Fsp3) is 0.412. The van der Waals surface area contributed by atoms with Crippen LogP contribution >= 0.6 is 0 Å². The highest BCUT2D eigenvalue weighted by Gasteiger charge is 2.32. The highest BCUT2D eigenvalue weighted by Crippen LogP contribution is 2.24. The van der Waals surface area contributed by atoms with Crippen LogP contribution in [-0.2, 0) is 11.8 Å². The molecule has 2 heterocycles. The molecule has 0 unspecified atom stereocenters. The van der Waals surface area contributed by atoms with Gasteiger partial charge in [0.05, 0.1) is 5.92 Å². The van der Waals surface area contributed by atoms with Crippen molar-refractivity contribution in [1.29, 1.82) is 0 Å². The molecule has 22 heavy (non-hydrogen) atoms. The van der Waals surface area contributed by atoms with E-state index in [-0.39, 0.29) is 17.7 Å². The van der Waals surface area contributed by atoms with E-state index in [1.165, 1.54) is 5.56 Å². The van der Waals surface area contributed by atoms with Crippen molar-refractivity contribution in [3.05, 3.63) is 35.5 Å². The van der Waals surface area contributed by atoms with Gasteiger partial charge in [-0.05, 0) is 31.5 Å². The fourth-order valence-electron chi connectivity index (χ4n) is 3.20. The van der Waals surface area contributed by atoms with E-state index in [1.54, 1.807) is 11.9 Å². The summed E-state index contributed by atoms with van der Waals surface area (Å²) < 4.78 is 1.93. The first kappa shape index (κ1) is 14.6. The molecule has 5 heteroatoms. The van der Waals surface area contributed by atoms with Gasteiger partial charge < -0.3 is 14.8 Å². The summed E-state index contributed by atoms with van der Waals surface area (Å²) in [7, 11) is 3.55. The van der Waals surface area contributed by atoms with E-state index in [0.717, 1.165) is 17.3 Å². The molecule has 1 aliphatic heterocycles. The second kappa shape index (κ2) is 5.48. The molecule has 0 bridgehead atoms. The van der Waals surface area contributed by atoms with Crippen molar-refractivity contribution in [2.24, 2.45) is 13.0 Å². The summed E-state index contributed by atoms with van der Waals surface area (Å²) in [4.78, 5) is 26.2. The number of rotatable bonds is 2. The van der Waals surface area contributed by atoms with Crippen LogP contribution in [0.4, 0.5) is 0 Å². The molecule has 1 aliphatic rings. The average Bonchev–Trinajstić information content (AvgIpc) is 3.11. The molecule has 116 valence electrons. The van der Waals surface area contributed by atoms with Gasteiger partial charge in [-0.15, -0.1) is 0 Å². The Morgan fingerprint density at radius 1 is 1.27 bits per heavy atom. The lowest BCUT2D eigenvalue weighted by Gasteiger charge is -2.16. The van der Waals surface area contributed by atoms with Crippen LogP contribution in [0.25, 0.3) is 10.9 Å². The number of aryl methyl sites for hydroxylation is 2. The summed E-state index contributed by atoms with van der Waals surface area (Å²) >= 11 is 0. The number of likely N-dealkylation sites (tertiary alicyclic amines) is 1. The highest BCUT2D eigenvalue weighted by molar-refractivity contribution is 5.99. The lowest BCUT2D eigenvalue weighted by atomic mass is 10.1. The molecule has 2 aromatic rings. The minimum absolute atomic E-state index is 0.00255. The van der Waals surface area contributed by atoms with E-state index < -0.39 is 0 Å². The molecule has 0 aliphatic carbocycles. The zero-order valence-corrected chi connectivity index (χ0v) is 13.2. The predicted molar refractivity (Wildman–Crippen MR) is 85.7 cm³/mol. The molecule has 1 atom stereocenters. The minimum Gasteiger partial charge on any atom is -0.359 e. The Bertz CT molecular complexity index is 748. The number of amides is 2. The smallest absolute Gasteiger partial charge is 0.270 e. The van der Waals surface area contributed by atoms with Gasteiger partial charge in [-0.2, -0.15) is 0 Å². The molecule has 2 amide bonds. The summed E-state index contributed by atoms with van der Waals surface area (Å²) in [6.07, 6.45) is 0.731. The molecule has 0 radical (unpaired) electrons. The second-order valence-corrected chi connectivity index (χ2v) is 6.00. The zero-order valence-electron chi connectivity index (χ0n) is 13.2. The third-order valence-corrected chi connectivity index (χ3v) is 4.51. The summed E-state index contributed by atoms with van der Waals surface area (Å²) in [6, 6.07) is 8.12. The van der Waals surface area contributed by atoms with Crippen molar-refractivity contribution in [1.82, 2.24) is 14.8 Å². The van der Waals surface area contributed by atoms with Gasteiger partial charge in [0.2, 0.25) is 5.91 Å². The molecule has 1 saturated heterocycles. The van der Waals surface area contributed by atoms with Crippen molar-refractivity contribution in [2.45, 2.75) is 13.3 Å². The Morgan fingerprint density at radius 2 is 2.05 bits per heavy atom. The number of fused-ring (bicyclic) bond motifs is 1. The van der Waals surface area contributed by atoms with E-state index in [1.807, 2.05) is 36.7 Å². The van der Waals surface area contributed by atoms with E-state index >= 15 is 0 Å². The monoisotopic (exact) mass is 299 g/mol. The first-order chi connectivity index (χ1) is 10.5. The molecule has 1 aromatic heterocycles. The van der Waals surface area contributed by atoms with Crippen LogP contribution in [0.3, 0.4) is 0 Å². The molecule has 5 nitrogen and oxygen atoms in total. The number of benzene rings is 1. The van der Waals surface area contributed by atoms with Gasteiger partial charge in [-0.25, -0.2) is 0 Å². The van der Waals surface area contributed by atoms with Crippen LogP contribution in [0, 0.1) is 12.8 Å². The number of carbonyl (C=O) groups is 2. The molecule has 0 saturated carbocycles. The maximum atomic E-state index is 12.8. The summed E-state index contributed by atoms with van der Waals surface area (Å²) in [5.74, 6) is -0.0726. The van der Waals surface area contributed by atoms with E-state index in [0.29, 0.717) is 18.8 Å². The lowest BCUT2D eigenvalue weighted by Crippen LogP contribution is -2.33. The van der Waals surface area contributed by atoms with Crippen molar-refractivity contribution in [3.8, 4) is 0 Å². The van der Waals surface area contributed by atoms with Gasteiger partial charge in [-0.1, -0.05) is 11.6 Å². The SMILES string of the molecule is CNC(=O)[C@H]1CCN(C(=O)c2cc3cc(C)ccc3n2C)C1. The van der Waals surface area contributed by atoms with Crippen LogP contribution in [0.15, 0.2) is 24.3 Å². The molecular weight excluding hydrogens is 278 g/mol. The zero-order chi connectivity index (χ0) is 15.9. The summed E-state index contributed by atoms with van der Waals surface area (Å²) in [6.45, 7) is 3.18.